The lowest BCUT2D eigenvalue weighted by Gasteiger charge is -2.08. The fourth-order valence-electron chi connectivity index (χ4n) is 0.861. The number of hydrogen-bond acceptors (Lipinski definition) is 5. The van der Waals surface area contributed by atoms with Crippen LogP contribution < -0.4 is 10.6 Å². The molecule has 0 spiro atoms. The van der Waals surface area contributed by atoms with Gasteiger partial charge in [0.2, 0.25) is 0 Å². The van der Waals surface area contributed by atoms with Crippen molar-refractivity contribution in [3.63, 3.8) is 0 Å². The summed E-state index contributed by atoms with van der Waals surface area (Å²) in [7, 11) is 0. The Bertz CT molecular complexity index is 224. The smallest absolute Gasteiger partial charge is 0.314 e. The quantitative estimate of drug-likeness (QED) is 0.279. The monoisotopic (exact) mass is 250 g/mol. The van der Waals surface area contributed by atoms with Crippen LogP contribution in [0.2, 0.25) is 0 Å². The van der Waals surface area contributed by atoms with E-state index >= 15 is 0 Å². The van der Waals surface area contributed by atoms with Crippen LogP contribution in [0, 0.1) is 0 Å². The lowest BCUT2D eigenvalue weighted by atomic mass is 10.3. The SMILES string of the molecule is CC(S)CC(=O)OCCNC(=O)NCCO. The zero-order valence-corrected chi connectivity index (χ0v) is 10.1. The van der Waals surface area contributed by atoms with Gasteiger partial charge in [0, 0.05) is 11.8 Å². The minimum atomic E-state index is -0.396. The molecule has 1 unspecified atom stereocenters. The second kappa shape index (κ2) is 9.29. The van der Waals surface area contributed by atoms with Gasteiger partial charge in [-0.1, -0.05) is 6.92 Å². The highest BCUT2D eigenvalue weighted by molar-refractivity contribution is 7.80. The van der Waals surface area contributed by atoms with Gasteiger partial charge in [0.1, 0.15) is 6.61 Å². The Balaban J connectivity index is 3.38. The second-order valence-corrected chi connectivity index (χ2v) is 4.06. The van der Waals surface area contributed by atoms with Crippen molar-refractivity contribution < 1.29 is 19.4 Å². The standard InChI is InChI=1S/C9H18N2O4S/c1-7(16)6-8(13)15-5-3-11-9(14)10-2-4-12/h7,12,16H,2-6H2,1H3,(H2,10,11,14). The predicted octanol–water partition coefficient (Wildman–Crippen LogP) is -0.471. The largest absolute Gasteiger partial charge is 0.464 e. The molecule has 94 valence electrons. The van der Waals surface area contributed by atoms with E-state index in [1.807, 2.05) is 0 Å². The van der Waals surface area contributed by atoms with E-state index in [0.717, 1.165) is 0 Å². The molecule has 6 nitrogen and oxygen atoms in total. The van der Waals surface area contributed by atoms with Crippen LogP contribution in [-0.2, 0) is 9.53 Å². The molecule has 2 amide bonds. The number of ether oxygens (including phenoxy) is 1. The molecule has 0 aromatic rings. The highest BCUT2D eigenvalue weighted by Gasteiger charge is 2.06. The number of aliphatic hydroxyl groups excluding tert-OH is 1. The molecule has 0 aromatic carbocycles. The van der Waals surface area contributed by atoms with Crippen LogP contribution in [-0.4, -0.2) is 48.7 Å². The van der Waals surface area contributed by atoms with E-state index < -0.39 is 6.03 Å². The lowest BCUT2D eigenvalue weighted by Crippen LogP contribution is -2.38. The minimum Gasteiger partial charge on any atom is -0.464 e. The summed E-state index contributed by atoms with van der Waals surface area (Å²) in [5.41, 5.74) is 0. The molecule has 1 atom stereocenters. The van der Waals surface area contributed by atoms with E-state index in [1.165, 1.54) is 0 Å². The first kappa shape index (κ1) is 15.0. The average Bonchev–Trinajstić information content (AvgIpc) is 2.20. The molecule has 0 rings (SSSR count). The summed E-state index contributed by atoms with van der Waals surface area (Å²) in [6.07, 6.45) is 0.250. The summed E-state index contributed by atoms with van der Waals surface area (Å²) in [5, 5.41) is 13.3. The van der Waals surface area contributed by atoms with Gasteiger partial charge in [-0.2, -0.15) is 12.6 Å². The van der Waals surface area contributed by atoms with Gasteiger partial charge in [-0.3, -0.25) is 4.79 Å². The Morgan fingerprint density at radius 2 is 2.00 bits per heavy atom. The van der Waals surface area contributed by atoms with Crippen LogP contribution in [0.5, 0.6) is 0 Å². The molecule has 0 aliphatic carbocycles. The van der Waals surface area contributed by atoms with Crippen LogP contribution in [0.15, 0.2) is 0 Å². The molecule has 16 heavy (non-hydrogen) atoms. The number of hydrogen-bond donors (Lipinski definition) is 4. The van der Waals surface area contributed by atoms with Gasteiger partial charge in [-0.05, 0) is 0 Å². The van der Waals surface area contributed by atoms with Crippen molar-refractivity contribution in [1.82, 2.24) is 10.6 Å². The number of rotatable bonds is 7. The predicted molar refractivity (Wildman–Crippen MR) is 62.5 cm³/mol. The number of amides is 2. The van der Waals surface area contributed by atoms with Crippen molar-refractivity contribution >= 4 is 24.6 Å². The number of carbonyl (C=O) groups excluding carboxylic acids is 2. The van der Waals surface area contributed by atoms with Gasteiger partial charge < -0.3 is 20.5 Å². The molecular weight excluding hydrogens is 232 g/mol. The summed E-state index contributed by atoms with van der Waals surface area (Å²) in [6, 6.07) is -0.396. The van der Waals surface area contributed by atoms with E-state index in [2.05, 4.69) is 23.3 Å². The molecule has 0 bridgehead atoms. The number of esters is 1. The Hall–Kier alpha value is -0.950. The molecule has 0 aliphatic rings. The van der Waals surface area contributed by atoms with Crippen LogP contribution in [0.3, 0.4) is 0 Å². The first-order chi connectivity index (χ1) is 7.56. The van der Waals surface area contributed by atoms with Crippen molar-refractivity contribution in [2.75, 3.05) is 26.3 Å². The maximum absolute atomic E-state index is 11.0. The highest BCUT2D eigenvalue weighted by Crippen LogP contribution is 2.00. The summed E-state index contributed by atoms with van der Waals surface area (Å²) in [6.45, 7) is 2.26. The molecule has 0 saturated carbocycles. The molecular formula is C9H18N2O4S. The number of carbonyl (C=O) groups is 2. The summed E-state index contributed by atoms with van der Waals surface area (Å²) < 4.78 is 4.83. The molecule has 3 N–H and O–H groups in total. The Kier molecular flexibility index (Phi) is 8.74. The molecule has 0 fully saturated rings. The van der Waals surface area contributed by atoms with E-state index in [-0.39, 0.29) is 43.9 Å². The van der Waals surface area contributed by atoms with Gasteiger partial charge in [0.15, 0.2) is 0 Å². The average molecular weight is 250 g/mol. The Morgan fingerprint density at radius 3 is 2.56 bits per heavy atom. The molecule has 0 radical (unpaired) electrons. The van der Waals surface area contributed by atoms with Crippen molar-refractivity contribution in [1.29, 1.82) is 0 Å². The van der Waals surface area contributed by atoms with Crippen LogP contribution >= 0.6 is 12.6 Å². The number of thiol groups is 1. The van der Waals surface area contributed by atoms with E-state index in [9.17, 15) is 9.59 Å². The Labute approximate surface area is 100 Å². The summed E-state index contributed by atoms with van der Waals surface area (Å²) in [5.74, 6) is -0.333. The molecule has 0 saturated heterocycles. The maximum atomic E-state index is 11.0. The first-order valence-corrected chi connectivity index (χ1v) is 5.54. The zero-order chi connectivity index (χ0) is 12.4. The normalized spacial score (nSPS) is 11.7. The number of urea groups is 1. The number of nitrogens with one attached hydrogen (secondary N) is 2. The third-order valence-electron chi connectivity index (χ3n) is 1.51. The minimum absolute atomic E-state index is 0.0340. The number of aliphatic hydroxyl groups is 1. The summed E-state index contributed by atoms with van der Waals surface area (Å²) >= 11 is 4.05. The molecule has 0 aromatic heterocycles. The van der Waals surface area contributed by atoms with Gasteiger partial charge >= 0.3 is 12.0 Å². The molecule has 7 heteroatoms. The summed E-state index contributed by atoms with van der Waals surface area (Å²) in [4.78, 5) is 22.0. The van der Waals surface area contributed by atoms with Gasteiger partial charge in [-0.15, -0.1) is 0 Å². The molecule has 0 heterocycles. The van der Waals surface area contributed by atoms with E-state index in [0.29, 0.717) is 0 Å². The fourth-order valence-corrected chi connectivity index (χ4v) is 1.01. The van der Waals surface area contributed by atoms with Crippen LogP contribution in [0.25, 0.3) is 0 Å². The van der Waals surface area contributed by atoms with Gasteiger partial charge in [0.25, 0.3) is 0 Å². The topological polar surface area (TPSA) is 87.7 Å². The van der Waals surface area contributed by atoms with Crippen molar-refractivity contribution in [2.24, 2.45) is 0 Å². The Morgan fingerprint density at radius 1 is 1.38 bits per heavy atom. The zero-order valence-electron chi connectivity index (χ0n) is 9.23. The fraction of sp³-hybridized carbons (Fsp3) is 0.778. The van der Waals surface area contributed by atoms with E-state index in [1.54, 1.807) is 6.92 Å². The van der Waals surface area contributed by atoms with Gasteiger partial charge in [0.05, 0.1) is 19.6 Å². The molecule has 0 aliphatic heterocycles. The second-order valence-electron chi connectivity index (χ2n) is 3.18. The highest BCUT2D eigenvalue weighted by atomic mass is 32.1. The maximum Gasteiger partial charge on any atom is 0.314 e. The van der Waals surface area contributed by atoms with Crippen LogP contribution in [0.1, 0.15) is 13.3 Å². The van der Waals surface area contributed by atoms with Crippen LogP contribution in [0.4, 0.5) is 4.79 Å². The van der Waals surface area contributed by atoms with Crippen molar-refractivity contribution in [3.8, 4) is 0 Å². The van der Waals surface area contributed by atoms with Crippen molar-refractivity contribution in [3.05, 3.63) is 0 Å². The van der Waals surface area contributed by atoms with Crippen molar-refractivity contribution in [2.45, 2.75) is 18.6 Å². The third kappa shape index (κ3) is 9.60. The van der Waals surface area contributed by atoms with E-state index in [4.69, 9.17) is 9.84 Å². The first-order valence-electron chi connectivity index (χ1n) is 5.02. The van der Waals surface area contributed by atoms with Gasteiger partial charge in [-0.25, -0.2) is 4.79 Å². The lowest BCUT2D eigenvalue weighted by molar-refractivity contribution is -0.143. The third-order valence-corrected chi connectivity index (χ3v) is 1.69.